The predicted molar refractivity (Wildman–Crippen MR) is 122 cm³/mol. The Hall–Kier alpha value is -3.45. The number of ether oxygens (including phenoxy) is 1. The summed E-state index contributed by atoms with van der Waals surface area (Å²) in [7, 11) is 0. The van der Waals surface area contributed by atoms with Crippen molar-refractivity contribution < 1.29 is 14.3 Å². The smallest absolute Gasteiger partial charge is 0.276 e. The van der Waals surface area contributed by atoms with Crippen molar-refractivity contribution in [2.75, 3.05) is 23.8 Å². The van der Waals surface area contributed by atoms with Crippen LogP contribution in [0.2, 0.25) is 0 Å². The highest BCUT2D eigenvalue weighted by Crippen LogP contribution is 2.20. The number of imidazole rings is 1. The van der Waals surface area contributed by atoms with Gasteiger partial charge in [-0.1, -0.05) is 57.2 Å². The normalized spacial score (nSPS) is 11.2. The Morgan fingerprint density at radius 2 is 1.68 bits per heavy atom. The van der Waals surface area contributed by atoms with Gasteiger partial charge in [-0.15, -0.1) is 0 Å². The molecule has 3 rings (SSSR count). The third kappa shape index (κ3) is 6.52. The topological polar surface area (TPSA) is 96.1 Å². The van der Waals surface area contributed by atoms with E-state index >= 15 is 0 Å². The number of anilines is 2. The minimum atomic E-state index is -0.326. The zero-order chi connectivity index (χ0) is 22.4. The summed E-state index contributed by atoms with van der Waals surface area (Å²) in [6.07, 6.45) is 0. The molecule has 0 fully saturated rings. The molecule has 1 heterocycles. The van der Waals surface area contributed by atoms with E-state index in [1.165, 1.54) is 0 Å². The quantitative estimate of drug-likeness (QED) is 0.519. The van der Waals surface area contributed by atoms with Gasteiger partial charge in [-0.05, 0) is 30.5 Å². The fraction of sp³-hybridized carbons (Fsp3) is 0.292. The van der Waals surface area contributed by atoms with E-state index in [4.69, 9.17) is 4.74 Å². The van der Waals surface area contributed by atoms with Crippen LogP contribution in [0.3, 0.4) is 0 Å². The number of aryl methyl sites for hydroxylation is 1. The largest absolute Gasteiger partial charge is 0.371 e. The van der Waals surface area contributed by atoms with Crippen LogP contribution in [0.4, 0.5) is 11.4 Å². The van der Waals surface area contributed by atoms with E-state index in [9.17, 15) is 9.59 Å². The van der Waals surface area contributed by atoms with Gasteiger partial charge in [0.15, 0.2) is 0 Å². The number of benzene rings is 2. The second-order valence-corrected chi connectivity index (χ2v) is 8.56. The van der Waals surface area contributed by atoms with Crippen LogP contribution in [0.15, 0.2) is 54.6 Å². The molecule has 0 bridgehead atoms. The van der Waals surface area contributed by atoms with Gasteiger partial charge in [-0.3, -0.25) is 9.59 Å². The number of carbonyl (C=O) groups excluding carboxylic acids is 2. The van der Waals surface area contributed by atoms with Gasteiger partial charge < -0.3 is 20.4 Å². The van der Waals surface area contributed by atoms with Crippen LogP contribution in [0.5, 0.6) is 0 Å². The van der Waals surface area contributed by atoms with E-state index in [1.807, 2.05) is 58.0 Å². The Morgan fingerprint density at radius 1 is 1.00 bits per heavy atom. The Labute approximate surface area is 182 Å². The summed E-state index contributed by atoms with van der Waals surface area (Å²) in [5.74, 6) is 0.0656. The molecule has 0 atom stereocenters. The van der Waals surface area contributed by atoms with Gasteiger partial charge in [0.1, 0.15) is 18.1 Å². The van der Waals surface area contributed by atoms with E-state index < -0.39 is 0 Å². The zero-order valence-electron chi connectivity index (χ0n) is 18.3. The maximum Gasteiger partial charge on any atom is 0.276 e. The average Bonchev–Trinajstić information content (AvgIpc) is 3.10. The lowest BCUT2D eigenvalue weighted by molar-refractivity contribution is -0.121. The van der Waals surface area contributed by atoms with Crippen LogP contribution >= 0.6 is 0 Å². The number of nitrogens with zero attached hydrogens (tertiary/aromatic N) is 1. The second kappa shape index (κ2) is 9.57. The standard InChI is InChI=1S/C24H28N4O3/c1-16-21(28-22(25-16)17-9-6-5-7-10-17)23(30)27-19-12-8-11-18(13-19)26-20(29)14-31-15-24(2,3)4/h5-13H,14-15H2,1-4H3,(H,25,28)(H,26,29)(H,27,30). The maximum atomic E-state index is 12.7. The number of rotatable bonds is 7. The van der Waals surface area contributed by atoms with Gasteiger partial charge in [0, 0.05) is 22.6 Å². The SMILES string of the molecule is Cc1[nH]c(-c2ccccc2)nc1C(=O)Nc1cccc(NC(=O)COCC(C)(C)C)c1. The summed E-state index contributed by atoms with van der Waals surface area (Å²) >= 11 is 0. The van der Waals surface area contributed by atoms with E-state index in [-0.39, 0.29) is 23.8 Å². The zero-order valence-corrected chi connectivity index (χ0v) is 18.3. The van der Waals surface area contributed by atoms with Crippen molar-refractivity contribution in [3.63, 3.8) is 0 Å². The first-order valence-corrected chi connectivity index (χ1v) is 10.1. The van der Waals surface area contributed by atoms with Crippen LogP contribution in [0.25, 0.3) is 11.4 Å². The lowest BCUT2D eigenvalue weighted by Crippen LogP contribution is -2.23. The van der Waals surface area contributed by atoms with E-state index in [1.54, 1.807) is 24.3 Å². The van der Waals surface area contributed by atoms with Gasteiger partial charge in [-0.25, -0.2) is 4.98 Å². The molecule has 0 radical (unpaired) electrons. The fourth-order valence-corrected chi connectivity index (χ4v) is 2.93. The van der Waals surface area contributed by atoms with Crippen LogP contribution in [-0.2, 0) is 9.53 Å². The van der Waals surface area contributed by atoms with E-state index in [0.29, 0.717) is 35.2 Å². The summed E-state index contributed by atoms with van der Waals surface area (Å²) in [6.45, 7) is 8.40. The lowest BCUT2D eigenvalue weighted by Gasteiger charge is -2.17. The Balaban J connectivity index is 1.62. The molecule has 1 aromatic heterocycles. The van der Waals surface area contributed by atoms with Crippen molar-refractivity contribution in [3.05, 3.63) is 66.0 Å². The minimum Gasteiger partial charge on any atom is -0.371 e. The van der Waals surface area contributed by atoms with Crippen molar-refractivity contribution in [3.8, 4) is 11.4 Å². The highest BCUT2D eigenvalue weighted by Gasteiger charge is 2.16. The summed E-state index contributed by atoms with van der Waals surface area (Å²) < 4.78 is 5.44. The van der Waals surface area contributed by atoms with Crippen molar-refractivity contribution >= 4 is 23.2 Å². The molecular formula is C24H28N4O3. The Kier molecular flexibility index (Phi) is 6.87. The first kappa shape index (κ1) is 22.2. The summed E-state index contributed by atoms with van der Waals surface area (Å²) in [5.41, 5.74) is 3.03. The number of nitrogens with one attached hydrogen (secondary N) is 3. The highest BCUT2D eigenvalue weighted by atomic mass is 16.5. The monoisotopic (exact) mass is 420 g/mol. The first-order chi connectivity index (χ1) is 14.7. The maximum absolute atomic E-state index is 12.7. The van der Waals surface area contributed by atoms with Crippen molar-refractivity contribution in [2.24, 2.45) is 5.41 Å². The molecule has 162 valence electrons. The molecule has 0 aliphatic carbocycles. The molecule has 0 saturated heterocycles. The van der Waals surface area contributed by atoms with E-state index in [0.717, 1.165) is 5.56 Å². The number of aromatic nitrogens is 2. The molecule has 0 aliphatic heterocycles. The molecule has 0 saturated carbocycles. The molecular weight excluding hydrogens is 392 g/mol. The first-order valence-electron chi connectivity index (χ1n) is 10.1. The molecule has 7 nitrogen and oxygen atoms in total. The number of hydrogen-bond acceptors (Lipinski definition) is 4. The van der Waals surface area contributed by atoms with Gasteiger partial charge in [-0.2, -0.15) is 0 Å². The molecule has 0 spiro atoms. The Bertz CT molecular complexity index is 1050. The number of hydrogen-bond donors (Lipinski definition) is 3. The molecule has 2 aromatic carbocycles. The molecule has 7 heteroatoms. The molecule has 0 aliphatic rings. The van der Waals surface area contributed by atoms with Crippen molar-refractivity contribution in [1.29, 1.82) is 0 Å². The predicted octanol–water partition coefficient (Wildman–Crippen LogP) is 4.64. The fourth-order valence-electron chi connectivity index (χ4n) is 2.93. The second-order valence-electron chi connectivity index (χ2n) is 8.56. The number of H-pyrrole nitrogens is 1. The summed E-state index contributed by atoms with van der Waals surface area (Å²) in [5, 5.41) is 5.62. The number of carbonyl (C=O) groups is 2. The van der Waals surface area contributed by atoms with Crippen LogP contribution in [-0.4, -0.2) is 35.0 Å². The summed E-state index contributed by atoms with van der Waals surface area (Å²) in [4.78, 5) is 32.4. The average molecular weight is 421 g/mol. The van der Waals surface area contributed by atoms with Crippen molar-refractivity contribution in [1.82, 2.24) is 9.97 Å². The van der Waals surface area contributed by atoms with Crippen LogP contribution < -0.4 is 10.6 Å². The van der Waals surface area contributed by atoms with Crippen molar-refractivity contribution in [2.45, 2.75) is 27.7 Å². The molecule has 3 N–H and O–H groups in total. The number of aromatic amines is 1. The molecule has 3 aromatic rings. The highest BCUT2D eigenvalue weighted by molar-refractivity contribution is 6.04. The molecule has 31 heavy (non-hydrogen) atoms. The summed E-state index contributed by atoms with van der Waals surface area (Å²) in [6, 6.07) is 16.6. The third-order valence-corrected chi connectivity index (χ3v) is 4.32. The van der Waals surface area contributed by atoms with Gasteiger partial charge in [0.05, 0.1) is 6.61 Å². The molecule has 2 amide bonds. The van der Waals surface area contributed by atoms with E-state index in [2.05, 4.69) is 20.6 Å². The lowest BCUT2D eigenvalue weighted by atomic mass is 9.99. The van der Waals surface area contributed by atoms with Gasteiger partial charge >= 0.3 is 0 Å². The molecule has 0 unspecified atom stereocenters. The van der Waals surface area contributed by atoms with Gasteiger partial charge in [0.25, 0.3) is 5.91 Å². The van der Waals surface area contributed by atoms with Gasteiger partial charge in [0.2, 0.25) is 5.91 Å². The van der Waals surface area contributed by atoms with Crippen LogP contribution in [0.1, 0.15) is 37.0 Å². The Morgan fingerprint density at radius 3 is 2.35 bits per heavy atom. The third-order valence-electron chi connectivity index (χ3n) is 4.32. The van der Waals surface area contributed by atoms with Crippen LogP contribution in [0, 0.1) is 12.3 Å². The number of amides is 2. The minimum absolute atomic E-state index is 0.00471.